The van der Waals surface area contributed by atoms with E-state index in [9.17, 15) is 0 Å². The molecule has 536 valence electrons. The topological polar surface area (TPSA) is 130 Å². The molecule has 0 bridgehead atoms. The minimum atomic E-state index is 0.274. The summed E-state index contributed by atoms with van der Waals surface area (Å²) < 4.78 is 24.4. The number of anilines is 4. The van der Waals surface area contributed by atoms with Crippen LogP contribution in [0.1, 0.15) is 161 Å². The van der Waals surface area contributed by atoms with E-state index in [-0.39, 0.29) is 24.7 Å². The standard InChI is InChI=1S/4C17H17N3O.8C2H6/c1-11-4-5-14-13-6-7-18-10-15(13)21-17(14)16(11)20-9-8-19(3)12(20)2;1-11-4-5-13-14-10-18-7-6-15(14)21-17(13)16(11)20-9-8-19(3)12(20)2;1-11-6-7-13-15-14(5-4-8-18-15)21-17(13)16(11)20-10-9-19(3)12(20)2;1-11-6-7-13-14-5-4-8-18-17(14)21-16(13)15(11)20-10-9-19(3)12(20)2;8*1-2/h4*4-10,12H,1-3H3;8*1-2H3/t4*12-;;;;;;;;/m0000......../s1. The monoisotopic (exact) mass is 1360 g/mol. The minimum Gasteiger partial charge on any atom is -0.454 e. The molecule has 100 heavy (non-hydrogen) atoms. The molecule has 4 atom stereocenters. The van der Waals surface area contributed by atoms with Crippen molar-refractivity contribution in [2.75, 3.05) is 47.8 Å². The zero-order valence-electron chi connectivity index (χ0n) is 65.5. The highest BCUT2D eigenvalue weighted by Crippen LogP contribution is 2.43. The molecule has 12 aromatic rings. The highest BCUT2D eigenvalue weighted by molar-refractivity contribution is 6.12. The summed E-state index contributed by atoms with van der Waals surface area (Å²) in [5.41, 5.74) is 17.2. The van der Waals surface area contributed by atoms with E-state index in [0.29, 0.717) is 5.71 Å². The average Bonchev–Trinajstić information content (AvgIpc) is 1.62. The van der Waals surface area contributed by atoms with Crippen LogP contribution in [0.2, 0.25) is 0 Å². The van der Waals surface area contributed by atoms with Gasteiger partial charge >= 0.3 is 0 Å². The first-order chi connectivity index (χ1) is 48.7. The van der Waals surface area contributed by atoms with Gasteiger partial charge in [-0.2, -0.15) is 0 Å². The van der Waals surface area contributed by atoms with Gasteiger partial charge in [-0.05, 0) is 120 Å². The molecular weight excluding hydrogens is 1240 g/mol. The number of aromatic nitrogens is 4. The van der Waals surface area contributed by atoms with Gasteiger partial charge in [0, 0.05) is 146 Å². The van der Waals surface area contributed by atoms with Gasteiger partial charge in [-0.15, -0.1) is 0 Å². The summed E-state index contributed by atoms with van der Waals surface area (Å²) in [6.45, 7) is 49.2. The Hall–Kier alpha value is -9.96. The summed E-state index contributed by atoms with van der Waals surface area (Å²) >= 11 is 0. The number of hydrogen-bond acceptors (Lipinski definition) is 16. The second-order valence-electron chi connectivity index (χ2n) is 22.3. The minimum absolute atomic E-state index is 0.274. The fraction of sp³-hybridized carbons (Fsp3) is 0.381. The van der Waals surface area contributed by atoms with Crippen LogP contribution >= 0.6 is 0 Å². The second-order valence-corrected chi connectivity index (χ2v) is 22.3. The molecule has 12 heterocycles. The van der Waals surface area contributed by atoms with E-state index in [1.165, 1.54) is 22.3 Å². The Kier molecular flexibility index (Phi) is 31.0. The molecule has 0 unspecified atom stereocenters. The van der Waals surface area contributed by atoms with E-state index in [4.69, 9.17) is 17.7 Å². The maximum atomic E-state index is 6.13. The Morgan fingerprint density at radius 1 is 0.290 bits per heavy atom. The van der Waals surface area contributed by atoms with Crippen LogP contribution in [0.15, 0.2) is 189 Å². The van der Waals surface area contributed by atoms with Crippen molar-refractivity contribution in [2.45, 2.75) is 191 Å². The lowest BCUT2D eigenvalue weighted by Crippen LogP contribution is -2.33. The Morgan fingerprint density at radius 2 is 0.630 bits per heavy atom. The van der Waals surface area contributed by atoms with Crippen LogP contribution in [0.4, 0.5) is 22.7 Å². The number of aryl methyl sites for hydroxylation is 4. The molecule has 16 rings (SSSR count). The first-order valence-corrected chi connectivity index (χ1v) is 36.5. The second kappa shape index (κ2) is 38.4. The lowest BCUT2D eigenvalue weighted by Gasteiger charge is -2.28. The molecule has 0 amide bonds. The lowest BCUT2D eigenvalue weighted by atomic mass is 10.1. The first-order valence-electron chi connectivity index (χ1n) is 36.5. The quantitative estimate of drug-likeness (QED) is 0.165. The first kappa shape index (κ1) is 80.7. The van der Waals surface area contributed by atoms with E-state index in [1.807, 2.05) is 160 Å². The number of furan rings is 4. The van der Waals surface area contributed by atoms with Crippen molar-refractivity contribution in [3.05, 3.63) is 194 Å². The van der Waals surface area contributed by atoms with Crippen LogP contribution in [-0.2, 0) is 0 Å². The van der Waals surface area contributed by atoms with Gasteiger partial charge in [-0.3, -0.25) is 15.0 Å². The number of nitrogens with zero attached hydrogens (tertiary/aromatic N) is 12. The van der Waals surface area contributed by atoms with Crippen LogP contribution in [0.3, 0.4) is 0 Å². The van der Waals surface area contributed by atoms with Crippen LogP contribution in [0.5, 0.6) is 0 Å². The molecule has 0 N–H and O–H groups in total. The normalized spacial score (nSPS) is 15.9. The number of benzene rings is 4. The van der Waals surface area contributed by atoms with E-state index >= 15 is 0 Å². The molecule has 16 heteroatoms. The van der Waals surface area contributed by atoms with Crippen molar-refractivity contribution < 1.29 is 17.7 Å². The van der Waals surface area contributed by atoms with E-state index in [1.54, 1.807) is 18.6 Å². The fourth-order valence-electron chi connectivity index (χ4n) is 11.9. The molecule has 0 fully saturated rings. The summed E-state index contributed by atoms with van der Waals surface area (Å²) in [5.74, 6) is 0. The summed E-state index contributed by atoms with van der Waals surface area (Å²) in [6.07, 6.45) is 28.7. The van der Waals surface area contributed by atoms with E-state index in [2.05, 4.69) is 247 Å². The average molecular weight is 1360 g/mol. The Morgan fingerprint density at radius 3 is 1.06 bits per heavy atom. The summed E-state index contributed by atoms with van der Waals surface area (Å²) in [6, 6.07) is 28.9. The highest BCUT2D eigenvalue weighted by atomic mass is 16.3. The molecule has 4 aliphatic rings. The maximum absolute atomic E-state index is 6.13. The fourth-order valence-corrected chi connectivity index (χ4v) is 11.9. The predicted molar refractivity (Wildman–Crippen MR) is 431 cm³/mol. The molecule has 4 aromatic carbocycles. The smallest absolute Gasteiger partial charge is 0.227 e. The predicted octanol–water partition coefficient (Wildman–Crippen LogP) is 23.6. The molecule has 16 nitrogen and oxygen atoms in total. The third-order valence-corrected chi connectivity index (χ3v) is 17.3. The highest BCUT2D eigenvalue weighted by Gasteiger charge is 2.30. The van der Waals surface area contributed by atoms with Crippen molar-refractivity contribution in [1.29, 1.82) is 0 Å². The maximum Gasteiger partial charge on any atom is 0.227 e. The zero-order chi connectivity index (χ0) is 74.2. The lowest BCUT2D eigenvalue weighted by molar-refractivity contribution is 0.383. The van der Waals surface area contributed by atoms with Gasteiger partial charge in [0.2, 0.25) is 5.71 Å². The van der Waals surface area contributed by atoms with Gasteiger partial charge in [-0.25, -0.2) is 4.98 Å². The molecule has 4 aliphatic heterocycles. The third-order valence-electron chi connectivity index (χ3n) is 17.3. The summed E-state index contributed by atoms with van der Waals surface area (Å²) in [5, 5.41) is 7.70. The van der Waals surface area contributed by atoms with Crippen molar-refractivity contribution in [2.24, 2.45) is 0 Å². The number of hydrogen-bond donors (Lipinski definition) is 0. The van der Waals surface area contributed by atoms with E-state index < -0.39 is 0 Å². The Labute approximate surface area is 597 Å². The molecular formula is C84H116N12O4. The molecule has 8 aromatic heterocycles. The number of rotatable bonds is 4. The van der Waals surface area contributed by atoms with Gasteiger partial charge in [0.1, 0.15) is 35.8 Å². The SMILES string of the molecule is CC.CC.CC.CC.CC.CC.CC.CC.Cc1ccc2c(oc3cccnc32)c1N1C=CN(C)[C@@H]1C.Cc1ccc2c(oc3ccncc32)c1N1C=CN(C)[C@@H]1C.Cc1ccc2c(oc3cnccc32)c1N1C=CN(C)[C@@H]1C.Cc1ccc2c(oc3ncccc32)c1N1C=CN(C)[C@@H]1C. The van der Waals surface area contributed by atoms with E-state index in [0.717, 1.165) is 105 Å². The molecule has 0 saturated heterocycles. The van der Waals surface area contributed by atoms with Crippen molar-refractivity contribution >= 4 is 111 Å². The van der Waals surface area contributed by atoms with Crippen molar-refractivity contribution in [3.8, 4) is 0 Å². The molecule has 0 aliphatic carbocycles. The van der Waals surface area contributed by atoms with Crippen molar-refractivity contribution in [3.63, 3.8) is 0 Å². The van der Waals surface area contributed by atoms with Crippen molar-refractivity contribution in [1.82, 2.24) is 39.5 Å². The van der Waals surface area contributed by atoms with Gasteiger partial charge in [0.25, 0.3) is 0 Å². The van der Waals surface area contributed by atoms with Crippen LogP contribution in [0.25, 0.3) is 88.0 Å². The van der Waals surface area contributed by atoms with Gasteiger partial charge in [0.15, 0.2) is 33.5 Å². The Balaban J connectivity index is 0.000000225. The van der Waals surface area contributed by atoms with Gasteiger partial charge < -0.3 is 56.9 Å². The van der Waals surface area contributed by atoms with Gasteiger partial charge in [0.05, 0.1) is 28.9 Å². The third kappa shape index (κ3) is 16.3. The molecule has 0 saturated carbocycles. The number of fused-ring (bicyclic) bond motifs is 12. The summed E-state index contributed by atoms with van der Waals surface area (Å²) in [7, 11) is 8.33. The van der Waals surface area contributed by atoms with Crippen LogP contribution in [0, 0.1) is 27.7 Å². The van der Waals surface area contributed by atoms with Crippen LogP contribution in [-0.4, -0.2) is 92.4 Å². The number of pyridine rings is 4. The zero-order valence-corrected chi connectivity index (χ0v) is 65.5. The molecule has 0 radical (unpaired) electrons. The Bertz CT molecular complexity index is 4050. The van der Waals surface area contributed by atoms with Gasteiger partial charge in [-0.1, -0.05) is 153 Å². The summed E-state index contributed by atoms with van der Waals surface area (Å²) in [4.78, 5) is 34.9. The molecule has 0 spiro atoms. The van der Waals surface area contributed by atoms with Crippen LogP contribution < -0.4 is 19.6 Å². The largest absolute Gasteiger partial charge is 0.454 e.